The highest BCUT2D eigenvalue weighted by Crippen LogP contribution is 2.33. The van der Waals surface area contributed by atoms with Gasteiger partial charge < -0.3 is 14.7 Å². The Labute approximate surface area is 168 Å². The normalized spacial score (nSPS) is 20.9. The zero-order chi connectivity index (χ0) is 19.8. The van der Waals surface area contributed by atoms with Crippen LogP contribution in [-0.4, -0.2) is 42.9 Å². The van der Waals surface area contributed by atoms with E-state index in [1.54, 1.807) is 22.0 Å². The van der Waals surface area contributed by atoms with E-state index in [-0.39, 0.29) is 12.0 Å². The van der Waals surface area contributed by atoms with Crippen LogP contribution in [-0.2, 0) is 13.1 Å². The van der Waals surface area contributed by atoms with Crippen LogP contribution in [0.25, 0.3) is 5.69 Å². The Bertz CT molecular complexity index is 1020. The maximum atomic E-state index is 13.1. The number of hydrogen-bond acceptors (Lipinski definition) is 5. The Kier molecular flexibility index (Phi) is 4.52. The molecule has 0 spiro atoms. The van der Waals surface area contributed by atoms with Crippen molar-refractivity contribution in [1.29, 1.82) is 0 Å². The fourth-order valence-electron chi connectivity index (χ4n) is 4.08. The highest BCUT2D eigenvalue weighted by atomic mass is 16.5. The molecule has 0 radical (unpaired) electrons. The van der Waals surface area contributed by atoms with Crippen molar-refractivity contribution in [3.63, 3.8) is 0 Å². The number of aliphatic hydroxyl groups is 1. The second-order valence-corrected chi connectivity index (χ2v) is 7.58. The molecule has 0 bridgehead atoms. The van der Waals surface area contributed by atoms with Crippen LogP contribution < -0.4 is 4.74 Å². The predicted octanol–water partition coefficient (Wildman–Crippen LogP) is 2.72. The van der Waals surface area contributed by atoms with Gasteiger partial charge in [0.25, 0.3) is 5.91 Å². The van der Waals surface area contributed by atoms with Gasteiger partial charge in [0.05, 0.1) is 11.8 Å². The van der Waals surface area contributed by atoms with Crippen molar-refractivity contribution in [2.45, 2.75) is 44.6 Å². The maximum Gasteiger partial charge on any atom is 0.260 e. The highest BCUT2D eigenvalue weighted by molar-refractivity contribution is 6.00. The lowest BCUT2D eigenvalue weighted by Crippen LogP contribution is -2.27. The molecule has 29 heavy (non-hydrogen) atoms. The van der Waals surface area contributed by atoms with Gasteiger partial charge in [-0.05, 0) is 54.7 Å². The molecule has 1 fully saturated rings. The quantitative estimate of drug-likeness (QED) is 0.725. The van der Waals surface area contributed by atoms with Gasteiger partial charge in [0.15, 0.2) is 0 Å². The summed E-state index contributed by atoms with van der Waals surface area (Å²) in [6.45, 7) is 1.04. The van der Waals surface area contributed by atoms with Gasteiger partial charge >= 0.3 is 0 Å². The van der Waals surface area contributed by atoms with Crippen LogP contribution in [0, 0.1) is 0 Å². The molecule has 1 N–H and O–H groups in total. The van der Waals surface area contributed by atoms with Crippen LogP contribution >= 0.6 is 0 Å². The summed E-state index contributed by atoms with van der Waals surface area (Å²) in [5, 5.41) is 14.3. The van der Waals surface area contributed by atoms with Crippen molar-refractivity contribution in [3.05, 3.63) is 71.7 Å². The largest absolute Gasteiger partial charge is 0.471 e. The molecule has 0 saturated heterocycles. The standard InChI is InChI=1S/C22H22N4O3/c27-18-3-1-4-19(18)29-21-20-16(9-11-23-21)14-25(22(20)28)13-15-5-7-17(8-6-15)26-12-2-10-24-26/h2,5-12,18-19,27H,1,3-4,13-14H2/t18-,19-/m1/s1. The molecule has 0 unspecified atom stereocenters. The summed E-state index contributed by atoms with van der Waals surface area (Å²) < 4.78 is 7.74. The minimum Gasteiger partial charge on any atom is -0.471 e. The average molecular weight is 390 g/mol. The van der Waals surface area contributed by atoms with Gasteiger partial charge in [-0.25, -0.2) is 9.67 Å². The summed E-state index contributed by atoms with van der Waals surface area (Å²) in [6, 6.07) is 11.8. The Balaban J connectivity index is 1.32. The van der Waals surface area contributed by atoms with Gasteiger partial charge in [0, 0.05) is 31.7 Å². The minimum atomic E-state index is -0.492. The first-order valence-corrected chi connectivity index (χ1v) is 9.90. The van der Waals surface area contributed by atoms with E-state index in [1.807, 2.05) is 42.6 Å². The van der Waals surface area contributed by atoms with Crippen molar-refractivity contribution < 1.29 is 14.6 Å². The number of carbonyl (C=O) groups is 1. The van der Waals surface area contributed by atoms with E-state index in [2.05, 4.69) is 10.1 Å². The van der Waals surface area contributed by atoms with Crippen molar-refractivity contribution in [3.8, 4) is 11.6 Å². The zero-order valence-electron chi connectivity index (χ0n) is 15.9. The number of nitrogens with zero attached hydrogens (tertiary/aromatic N) is 4. The van der Waals surface area contributed by atoms with E-state index >= 15 is 0 Å². The number of hydrogen-bond donors (Lipinski definition) is 1. The monoisotopic (exact) mass is 390 g/mol. The van der Waals surface area contributed by atoms with Gasteiger partial charge in [-0.3, -0.25) is 4.79 Å². The van der Waals surface area contributed by atoms with E-state index in [0.29, 0.717) is 24.5 Å². The molecule has 1 aliphatic carbocycles. The summed E-state index contributed by atoms with van der Waals surface area (Å²) in [5.41, 5.74) is 3.47. The molecule has 148 valence electrons. The third-order valence-corrected chi connectivity index (χ3v) is 5.62. The fourth-order valence-corrected chi connectivity index (χ4v) is 4.08. The Morgan fingerprint density at radius 2 is 2.00 bits per heavy atom. The van der Waals surface area contributed by atoms with Crippen molar-refractivity contribution in [1.82, 2.24) is 19.7 Å². The van der Waals surface area contributed by atoms with Crippen LogP contribution in [0.2, 0.25) is 0 Å². The van der Waals surface area contributed by atoms with Crippen molar-refractivity contribution in [2.24, 2.45) is 0 Å². The number of ether oxygens (including phenoxy) is 1. The molecule has 3 aromatic rings. The van der Waals surface area contributed by atoms with Gasteiger partial charge in [-0.1, -0.05) is 12.1 Å². The average Bonchev–Trinajstić information content (AvgIpc) is 3.46. The molecule has 7 heteroatoms. The van der Waals surface area contributed by atoms with E-state index in [0.717, 1.165) is 36.1 Å². The Morgan fingerprint density at radius 1 is 1.14 bits per heavy atom. The second-order valence-electron chi connectivity index (χ2n) is 7.58. The molecule has 1 aliphatic heterocycles. The lowest BCUT2D eigenvalue weighted by Gasteiger charge is -2.18. The third kappa shape index (κ3) is 3.38. The van der Waals surface area contributed by atoms with Crippen molar-refractivity contribution in [2.75, 3.05) is 0 Å². The molecule has 2 atom stereocenters. The topological polar surface area (TPSA) is 80.5 Å². The molecule has 3 heterocycles. The first-order chi connectivity index (χ1) is 14.2. The van der Waals surface area contributed by atoms with E-state index in [4.69, 9.17) is 4.74 Å². The number of fused-ring (bicyclic) bond motifs is 1. The van der Waals surface area contributed by atoms with Gasteiger partial charge in [-0.2, -0.15) is 5.10 Å². The lowest BCUT2D eigenvalue weighted by molar-refractivity contribution is 0.0553. The van der Waals surface area contributed by atoms with E-state index in [9.17, 15) is 9.90 Å². The lowest BCUT2D eigenvalue weighted by atomic mass is 10.1. The number of aliphatic hydroxyl groups excluding tert-OH is 1. The number of benzene rings is 1. The summed E-state index contributed by atoms with van der Waals surface area (Å²) >= 11 is 0. The summed E-state index contributed by atoms with van der Waals surface area (Å²) in [5.74, 6) is 0.265. The molecule has 7 nitrogen and oxygen atoms in total. The number of rotatable bonds is 5. The second kappa shape index (κ2) is 7.33. The van der Waals surface area contributed by atoms with Crippen LogP contribution in [0.15, 0.2) is 55.0 Å². The molecule has 5 rings (SSSR count). The third-order valence-electron chi connectivity index (χ3n) is 5.62. The minimum absolute atomic E-state index is 0.0771. The molecular formula is C22H22N4O3. The fraction of sp³-hybridized carbons (Fsp3) is 0.318. The molecule has 2 aromatic heterocycles. The molecule has 1 aromatic carbocycles. The van der Waals surface area contributed by atoms with Gasteiger partial charge in [0.2, 0.25) is 5.88 Å². The molecule has 2 aliphatic rings. The summed E-state index contributed by atoms with van der Waals surface area (Å²) in [6.07, 6.45) is 6.97. The smallest absolute Gasteiger partial charge is 0.260 e. The summed E-state index contributed by atoms with van der Waals surface area (Å²) in [4.78, 5) is 19.1. The van der Waals surface area contributed by atoms with Crippen LogP contribution in [0.3, 0.4) is 0 Å². The van der Waals surface area contributed by atoms with E-state index in [1.165, 1.54) is 0 Å². The SMILES string of the molecule is O=C1c2c(ccnc2O[C@@H]2CCC[C@H]2O)CN1Cc1ccc(-n2cccn2)cc1. The van der Waals surface area contributed by atoms with Crippen LogP contribution in [0.4, 0.5) is 0 Å². The van der Waals surface area contributed by atoms with Crippen LogP contribution in [0.5, 0.6) is 5.88 Å². The van der Waals surface area contributed by atoms with Gasteiger partial charge in [-0.15, -0.1) is 0 Å². The number of carbonyl (C=O) groups excluding carboxylic acids is 1. The Morgan fingerprint density at radius 3 is 2.72 bits per heavy atom. The molecule has 1 amide bonds. The molecule has 1 saturated carbocycles. The summed E-state index contributed by atoms with van der Waals surface area (Å²) in [7, 11) is 0. The predicted molar refractivity (Wildman–Crippen MR) is 106 cm³/mol. The molecular weight excluding hydrogens is 368 g/mol. The van der Waals surface area contributed by atoms with E-state index < -0.39 is 6.10 Å². The number of pyridine rings is 1. The first kappa shape index (κ1) is 17.9. The van der Waals surface area contributed by atoms with Gasteiger partial charge in [0.1, 0.15) is 11.7 Å². The Hall–Kier alpha value is -3.19. The van der Waals surface area contributed by atoms with Crippen LogP contribution in [0.1, 0.15) is 40.7 Å². The number of amides is 1. The van der Waals surface area contributed by atoms with Crippen molar-refractivity contribution >= 4 is 5.91 Å². The maximum absolute atomic E-state index is 13.1. The highest BCUT2D eigenvalue weighted by Gasteiger charge is 2.34. The first-order valence-electron chi connectivity index (χ1n) is 9.90. The zero-order valence-corrected chi connectivity index (χ0v) is 15.9. The number of aromatic nitrogens is 3.